The minimum absolute atomic E-state index is 0.0851. The number of fused-ring (bicyclic) bond motifs is 1. The van der Waals surface area contributed by atoms with Crippen LogP contribution >= 0.6 is 27.5 Å². The number of anilines is 2. The van der Waals surface area contributed by atoms with Crippen molar-refractivity contribution in [3.05, 3.63) is 57.0 Å². The smallest absolute Gasteiger partial charge is 0.0898 e. The van der Waals surface area contributed by atoms with Gasteiger partial charge in [0.25, 0.3) is 0 Å². The molecular weight excluding hydrogens is 376 g/mol. The number of hydrogen-bond donors (Lipinski definition) is 1. The Morgan fingerprint density at radius 1 is 1.09 bits per heavy atom. The van der Waals surface area contributed by atoms with Crippen LogP contribution in [0.3, 0.4) is 0 Å². The van der Waals surface area contributed by atoms with E-state index in [0.29, 0.717) is 5.02 Å². The number of halogens is 2. The van der Waals surface area contributed by atoms with Crippen molar-refractivity contribution in [2.24, 2.45) is 0 Å². The summed E-state index contributed by atoms with van der Waals surface area (Å²) in [5, 5.41) is 11.5. The fraction of sp³-hybridized carbons (Fsp3) is 0.333. The molecule has 1 aliphatic heterocycles. The third kappa shape index (κ3) is 3.08. The molecular formula is C18H20BrClN2O. The van der Waals surface area contributed by atoms with Gasteiger partial charge in [0.1, 0.15) is 0 Å². The molecule has 3 rings (SSSR count). The van der Waals surface area contributed by atoms with Gasteiger partial charge < -0.3 is 14.9 Å². The van der Waals surface area contributed by atoms with Crippen LogP contribution in [-0.4, -0.2) is 25.9 Å². The van der Waals surface area contributed by atoms with Gasteiger partial charge in [-0.05, 0) is 35.4 Å². The summed E-state index contributed by atoms with van der Waals surface area (Å²) in [6, 6.07) is 11.9. The molecule has 1 N–H and O–H groups in total. The highest BCUT2D eigenvalue weighted by atomic mass is 79.9. The molecule has 0 amide bonds. The fourth-order valence-corrected chi connectivity index (χ4v) is 4.00. The summed E-state index contributed by atoms with van der Waals surface area (Å²) in [5.74, 6) is -0.0851. The summed E-state index contributed by atoms with van der Waals surface area (Å²) in [5.41, 5.74) is 4.21. The molecule has 5 heteroatoms. The van der Waals surface area contributed by atoms with Gasteiger partial charge in [-0.2, -0.15) is 0 Å². The first-order valence-electron chi connectivity index (χ1n) is 7.57. The lowest BCUT2D eigenvalue weighted by atomic mass is 9.90. The average Bonchev–Trinajstić information content (AvgIpc) is 2.80. The number of nitrogens with zero attached hydrogens (tertiary/aromatic N) is 2. The fourth-order valence-electron chi connectivity index (χ4n) is 3.15. The summed E-state index contributed by atoms with van der Waals surface area (Å²) >= 11 is 9.75. The van der Waals surface area contributed by atoms with E-state index in [-0.39, 0.29) is 5.92 Å². The summed E-state index contributed by atoms with van der Waals surface area (Å²) in [7, 11) is 4.14. The average molecular weight is 396 g/mol. The molecule has 0 aromatic heterocycles. The van der Waals surface area contributed by atoms with Crippen molar-refractivity contribution in [1.82, 2.24) is 0 Å². The number of rotatable bonds is 3. The van der Waals surface area contributed by atoms with Crippen LogP contribution in [0.2, 0.25) is 5.02 Å². The van der Waals surface area contributed by atoms with Gasteiger partial charge in [-0.15, -0.1) is 0 Å². The van der Waals surface area contributed by atoms with Gasteiger partial charge in [0.05, 0.1) is 24.1 Å². The molecule has 0 saturated carbocycles. The second-order valence-electron chi connectivity index (χ2n) is 6.18. The van der Waals surface area contributed by atoms with E-state index in [2.05, 4.69) is 52.0 Å². The predicted octanol–water partition coefficient (Wildman–Crippen LogP) is 4.78. The Kier molecular flexibility index (Phi) is 4.59. The molecule has 0 radical (unpaired) electrons. The topological polar surface area (TPSA) is 26.7 Å². The molecule has 1 aliphatic rings. The molecule has 3 nitrogen and oxygen atoms in total. The Morgan fingerprint density at radius 2 is 1.78 bits per heavy atom. The zero-order valence-electron chi connectivity index (χ0n) is 13.4. The molecule has 122 valence electrons. The van der Waals surface area contributed by atoms with Gasteiger partial charge in [-0.3, -0.25) is 0 Å². The number of aliphatic hydroxyl groups excluding tert-OH is 1. The van der Waals surface area contributed by atoms with E-state index in [4.69, 9.17) is 11.6 Å². The Balaban J connectivity index is 1.91. The van der Waals surface area contributed by atoms with Crippen LogP contribution in [0.1, 0.15) is 30.1 Å². The lowest BCUT2D eigenvalue weighted by Crippen LogP contribution is -2.23. The maximum absolute atomic E-state index is 10.8. The molecule has 2 unspecified atom stereocenters. The normalized spacial score (nSPS) is 16.4. The monoisotopic (exact) mass is 394 g/mol. The first kappa shape index (κ1) is 16.6. The number of hydrogen-bond acceptors (Lipinski definition) is 3. The molecule has 2 aromatic rings. The van der Waals surface area contributed by atoms with Gasteiger partial charge in [0.2, 0.25) is 0 Å². The van der Waals surface area contributed by atoms with Gasteiger partial charge in [-0.1, -0.05) is 46.6 Å². The van der Waals surface area contributed by atoms with Crippen LogP contribution in [0.5, 0.6) is 0 Å². The quantitative estimate of drug-likeness (QED) is 0.810. The molecule has 2 aromatic carbocycles. The number of benzene rings is 2. The first-order chi connectivity index (χ1) is 10.9. The molecule has 0 fully saturated rings. The highest BCUT2D eigenvalue weighted by Gasteiger charge is 2.25. The molecule has 0 aliphatic carbocycles. The van der Waals surface area contributed by atoms with Crippen molar-refractivity contribution in [1.29, 1.82) is 0 Å². The minimum Gasteiger partial charge on any atom is -0.388 e. The van der Waals surface area contributed by atoms with Gasteiger partial charge in [0.15, 0.2) is 0 Å². The van der Waals surface area contributed by atoms with Crippen molar-refractivity contribution >= 4 is 38.9 Å². The SMILES string of the molecule is CC(c1ccc(Br)cc1Cl)C(O)c1ccc2c(c1)N(C)CN2C. The number of aliphatic hydroxyl groups is 1. The minimum atomic E-state index is -0.599. The zero-order valence-corrected chi connectivity index (χ0v) is 15.8. The molecule has 1 heterocycles. The predicted molar refractivity (Wildman–Crippen MR) is 101 cm³/mol. The second kappa shape index (κ2) is 6.34. The summed E-state index contributed by atoms with van der Waals surface area (Å²) in [6.07, 6.45) is -0.599. The molecule has 2 atom stereocenters. The Bertz CT molecular complexity index is 737. The summed E-state index contributed by atoms with van der Waals surface area (Å²) < 4.78 is 0.940. The highest BCUT2D eigenvalue weighted by molar-refractivity contribution is 9.10. The van der Waals surface area contributed by atoms with Gasteiger partial charge in [-0.25, -0.2) is 0 Å². The molecule has 23 heavy (non-hydrogen) atoms. The van der Waals surface area contributed by atoms with Crippen LogP contribution in [-0.2, 0) is 0 Å². The largest absolute Gasteiger partial charge is 0.388 e. The second-order valence-corrected chi connectivity index (χ2v) is 7.51. The molecule has 0 bridgehead atoms. The summed E-state index contributed by atoms with van der Waals surface area (Å²) in [6.45, 7) is 2.87. The van der Waals surface area contributed by atoms with E-state index in [9.17, 15) is 5.11 Å². The van der Waals surface area contributed by atoms with Crippen molar-refractivity contribution in [2.75, 3.05) is 30.6 Å². The maximum atomic E-state index is 10.8. The van der Waals surface area contributed by atoms with E-state index in [1.165, 1.54) is 5.69 Å². The standard InChI is InChI=1S/C18H20BrClN2O/c1-11(14-6-5-13(19)9-15(14)20)18(23)12-4-7-16-17(8-12)22(3)10-21(16)2/h4-9,11,18,23H,10H2,1-3H3. The first-order valence-corrected chi connectivity index (χ1v) is 8.75. The third-order valence-electron chi connectivity index (χ3n) is 4.51. The Hall–Kier alpha value is -1.23. The van der Waals surface area contributed by atoms with Crippen molar-refractivity contribution in [3.8, 4) is 0 Å². The highest BCUT2D eigenvalue weighted by Crippen LogP contribution is 2.40. The van der Waals surface area contributed by atoms with Crippen LogP contribution in [0.25, 0.3) is 0 Å². The summed E-state index contributed by atoms with van der Waals surface area (Å²) in [4.78, 5) is 4.38. The van der Waals surface area contributed by atoms with Crippen LogP contribution < -0.4 is 9.80 Å². The molecule has 0 spiro atoms. The van der Waals surface area contributed by atoms with Crippen molar-refractivity contribution in [3.63, 3.8) is 0 Å². The van der Waals surface area contributed by atoms with Crippen molar-refractivity contribution < 1.29 is 5.11 Å². The van der Waals surface area contributed by atoms with E-state index < -0.39 is 6.10 Å². The van der Waals surface area contributed by atoms with E-state index in [0.717, 1.165) is 28.0 Å². The van der Waals surface area contributed by atoms with Gasteiger partial charge >= 0.3 is 0 Å². The zero-order chi connectivity index (χ0) is 16.7. The van der Waals surface area contributed by atoms with Gasteiger partial charge in [0, 0.05) is 29.5 Å². The lowest BCUT2D eigenvalue weighted by Gasteiger charge is -2.22. The Labute approximate surface area is 150 Å². The van der Waals surface area contributed by atoms with Crippen LogP contribution in [0, 0.1) is 0 Å². The van der Waals surface area contributed by atoms with Crippen LogP contribution in [0.4, 0.5) is 11.4 Å². The third-order valence-corrected chi connectivity index (χ3v) is 5.33. The molecule has 0 saturated heterocycles. The Morgan fingerprint density at radius 3 is 2.48 bits per heavy atom. The maximum Gasteiger partial charge on any atom is 0.0898 e. The van der Waals surface area contributed by atoms with E-state index in [1.807, 2.05) is 31.2 Å². The van der Waals surface area contributed by atoms with E-state index >= 15 is 0 Å². The van der Waals surface area contributed by atoms with E-state index in [1.54, 1.807) is 0 Å². The lowest BCUT2D eigenvalue weighted by molar-refractivity contribution is 0.152. The van der Waals surface area contributed by atoms with Crippen molar-refractivity contribution in [2.45, 2.75) is 18.9 Å². The van der Waals surface area contributed by atoms with Crippen LogP contribution in [0.15, 0.2) is 40.9 Å².